The van der Waals surface area contributed by atoms with Crippen LogP contribution in [0.5, 0.6) is 0 Å². The third-order valence-corrected chi connectivity index (χ3v) is 14.7. The maximum Gasteiger partial charge on any atom is 0.226 e. The van der Waals surface area contributed by atoms with Crippen molar-refractivity contribution >= 4 is 72.7 Å². The first-order chi connectivity index (χ1) is 24.7. The van der Waals surface area contributed by atoms with Gasteiger partial charge in [-0.05, 0) is 64.7 Å². The van der Waals surface area contributed by atoms with Crippen molar-refractivity contribution < 1.29 is 0 Å². The minimum absolute atomic E-state index is 0.166. The third kappa shape index (κ3) is 5.17. The molecule has 0 bridgehead atoms. The number of hydrogen-bond donors (Lipinski definition) is 0. The number of fused-ring (bicyclic) bond motifs is 3. The number of halogens is 1. The van der Waals surface area contributed by atoms with Crippen LogP contribution in [0.3, 0.4) is 0 Å². The Morgan fingerprint density at radius 3 is 1.58 bits per heavy atom. The van der Waals surface area contributed by atoms with Crippen LogP contribution in [0, 0.1) is 0 Å². The summed E-state index contributed by atoms with van der Waals surface area (Å²) in [5.74, 6) is 1.10. The Hall–Kier alpha value is -5.94. The quantitative estimate of drug-likeness (QED) is 0.131. The van der Waals surface area contributed by atoms with Gasteiger partial charge in [0, 0.05) is 11.1 Å². The zero-order chi connectivity index (χ0) is 33.5. The maximum atomic E-state index is 6.68. The molecule has 5 heteroatoms. The van der Waals surface area contributed by atoms with E-state index >= 15 is 0 Å². The molecular weight excluding hydrogens is 646 g/mol. The van der Waals surface area contributed by atoms with Crippen LogP contribution in [-0.4, -0.2) is 23.0 Å². The molecule has 8 aromatic carbocycles. The van der Waals surface area contributed by atoms with Gasteiger partial charge in [-0.3, -0.25) is 0 Å². The molecule has 0 aliphatic carbocycles. The number of nitrogens with zero attached hydrogens (tertiary/aromatic N) is 3. The first-order valence-electron chi connectivity index (χ1n) is 16.7. The zero-order valence-corrected chi connectivity index (χ0v) is 28.8. The Morgan fingerprint density at radius 2 is 0.880 bits per heavy atom. The largest absolute Gasteiger partial charge is 0.226 e. The van der Waals surface area contributed by atoms with Gasteiger partial charge in [-0.2, -0.15) is 9.97 Å². The lowest BCUT2D eigenvalue weighted by molar-refractivity contribution is 1.07. The second-order valence-corrected chi connectivity index (χ2v) is 16.7. The Bertz CT molecular complexity index is 2610. The third-order valence-electron chi connectivity index (χ3n) is 9.76. The van der Waals surface area contributed by atoms with E-state index in [1.54, 1.807) is 0 Å². The summed E-state index contributed by atoms with van der Waals surface area (Å²) in [6.45, 7) is 0. The van der Waals surface area contributed by atoms with E-state index in [9.17, 15) is 0 Å². The van der Waals surface area contributed by atoms with Crippen molar-refractivity contribution in [2.24, 2.45) is 0 Å². The fraction of sp³-hybridized carbons (Fsp3) is 0. The molecule has 0 atom stereocenters. The van der Waals surface area contributed by atoms with Crippen LogP contribution in [0.2, 0.25) is 5.28 Å². The van der Waals surface area contributed by atoms with Gasteiger partial charge >= 0.3 is 0 Å². The number of hydrogen-bond acceptors (Lipinski definition) is 3. The number of aromatic nitrogens is 3. The first-order valence-corrected chi connectivity index (χ1v) is 19.1. The van der Waals surface area contributed by atoms with Crippen molar-refractivity contribution in [3.05, 3.63) is 187 Å². The van der Waals surface area contributed by atoms with Crippen molar-refractivity contribution in [2.45, 2.75) is 0 Å². The molecule has 0 aliphatic heterocycles. The van der Waals surface area contributed by atoms with E-state index in [-0.39, 0.29) is 5.28 Å². The lowest BCUT2D eigenvalue weighted by atomic mass is 10.0. The minimum atomic E-state index is -2.93. The summed E-state index contributed by atoms with van der Waals surface area (Å²) in [5.41, 5.74) is 1.81. The van der Waals surface area contributed by atoms with Crippen LogP contribution in [-0.2, 0) is 0 Å². The second kappa shape index (κ2) is 12.5. The van der Waals surface area contributed by atoms with Crippen molar-refractivity contribution in [3.63, 3.8) is 0 Å². The van der Waals surface area contributed by atoms with Gasteiger partial charge in [-0.15, -0.1) is 0 Å². The average molecular weight is 676 g/mol. The second-order valence-electron chi connectivity index (χ2n) is 12.6. The summed E-state index contributed by atoms with van der Waals surface area (Å²) in [7, 11) is -2.93. The summed E-state index contributed by atoms with van der Waals surface area (Å²) in [5, 5.41) is 12.4. The van der Waals surface area contributed by atoms with Crippen molar-refractivity contribution in [3.8, 4) is 22.8 Å². The SMILES string of the molecule is Clc1nc(-c2cccc([Si](c3ccccc3)(c3ccc4ccccc4c3)c3ccc4ccccc4c3)c2)nc(-c2cccc3ccccc23)n1. The molecule has 0 N–H and O–H groups in total. The normalized spacial score (nSPS) is 11.7. The number of rotatable bonds is 6. The molecule has 236 valence electrons. The van der Waals surface area contributed by atoms with Crippen molar-refractivity contribution in [1.82, 2.24) is 15.0 Å². The predicted molar refractivity (Wildman–Crippen MR) is 212 cm³/mol. The number of benzene rings is 8. The summed E-state index contributed by atoms with van der Waals surface area (Å²) in [6.07, 6.45) is 0. The van der Waals surface area contributed by atoms with Crippen LogP contribution in [0.4, 0.5) is 0 Å². The minimum Gasteiger partial charge on any atom is -0.208 e. The summed E-state index contributed by atoms with van der Waals surface area (Å²) < 4.78 is 0. The highest BCUT2D eigenvalue weighted by Gasteiger charge is 2.42. The molecule has 3 nitrogen and oxygen atoms in total. The van der Waals surface area contributed by atoms with Gasteiger partial charge in [0.1, 0.15) is 0 Å². The Kier molecular flexibility index (Phi) is 7.53. The zero-order valence-electron chi connectivity index (χ0n) is 27.0. The van der Waals surface area contributed by atoms with E-state index in [0.717, 1.165) is 21.9 Å². The lowest BCUT2D eigenvalue weighted by Gasteiger charge is -2.35. The molecule has 1 heterocycles. The fourth-order valence-corrected chi connectivity index (χ4v) is 12.4. The van der Waals surface area contributed by atoms with Gasteiger partial charge in [0.15, 0.2) is 19.7 Å². The van der Waals surface area contributed by atoms with Crippen molar-refractivity contribution in [1.29, 1.82) is 0 Å². The monoisotopic (exact) mass is 675 g/mol. The molecule has 0 spiro atoms. The first kappa shape index (κ1) is 30.1. The topological polar surface area (TPSA) is 38.7 Å². The molecular formula is C45H30ClN3Si. The molecule has 9 rings (SSSR count). The highest BCUT2D eigenvalue weighted by Crippen LogP contribution is 2.29. The summed E-state index contributed by atoms with van der Waals surface area (Å²) in [4.78, 5) is 14.4. The fourth-order valence-electron chi connectivity index (χ4n) is 7.44. The molecule has 0 fully saturated rings. The van der Waals surface area contributed by atoms with E-state index in [4.69, 9.17) is 21.6 Å². The molecule has 0 unspecified atom stereocenters. The molecule has 9 aromatic rings. The highest BCUT2D eigenvalue weighted by molar-refractivity contribution is 7.20. The van der Waals surface area contributed by atoms with Crippen LogP contribution < -0.4 is 20.7 Å². The van der Waals surface area contributed by atoms with Crippen LogP contribution in [0.1, 0.15) is 0 Å². The van der Waals surface area contributed by atoms with Gasteiger partial charge < -0.3 is 0 Å². The standard InChI is InChI=1S/C45H30ClN3Si/c46-45-48-43(47-44(49-45)42-23-11-17-33-14-8-9-22-41(33)42)36-18-10-21-38(30-36)50(37-19-2-1-3-20-37,39-26-24-31-12-4-6-15-34(31)28-39)40-27-25-32-13-5-7-16-35(32)29-40/h1-30H. The molecule has 0 saturated carbocycles. The van der Waals surface area contributed by atoms with Crippen LogP contribution >= 0.6 is 11.6 Å². The van der Waals surface area contributed by atoms with Gasteiger partial charge in [-0.25, -0.2) is 4.98 Å². The van der Waals surface area contributed by atoms with Gasteiger partial charge in [0.05, 0.1) is 0 Å². The predicted octanol–water partition coefficient (Wildman–Crippen LogP) is 8.70. The molecule has 50 heavy (non-hydrogen) atoms. The Labute approximate surface area is 296 Å². The molecule has 0 aliphatic rings. The van der Waals surface area contributed by atoms with Gasteiger partial charge in [-0.1, -0.05) is 182 Å². The Balaban J connectivity index is 1.31. The van der Waals surface area contributed by atoms with E-state index in [0.29, 0.717) is 11.6 Å². The van der Waals surface area contributed by atoms with Crippen LogP contribution in [0.15, 0.2) is 182 Å². The van der Waals surface area contributed by atoms with Crippen LogP contribution in [0.25, 0.3) is 55.1 Å². The van der Waals surface area contributed by atoms with E-state index < -0.39 is 8.07 Å². The van der Waals surface area contributed by atoms with E-state index in [2.05, 4.69) is 163 Å². The molecule has 0 amide bonds. The van der Waals surface area contributed by atoms with E-state index in [1.165, 1.54) is 42.3 Å². The van der Waals surface area contributed by atoms with Crippen molar-refractivity contribution in [2.75, 3.05) is 0 Å². The smallest absolute Gasteiger partial charge is 0.208 e. The summed E-state index contributed by atoms with van der Waals surface area (Å²) >= 11 is 6.68. The lowest BCUT2D eigenvalue weighted by Crippen LogP contribution is -2.74. The highest BCUT2D eigenvalue weighted by atomic mass is 35.5. The molecule has 1 aromatic heterocycles. The maximum absolute atomic E-state index is 6.68. The Morgan fingerprint density at radius 1 is 0.360 bits per heavy atom. The van der Waals surface area contributed by atoms with Gasteiger partial charge in [0.2, 0.25) is 5.28 Å². The summed E-state index contributed by atoms with van der Waals surface area (Å²) in [6, 6.07) is 65.4. The average Bonchev–Trinajstić information content (AvgIpc) is 3.18. The van der Waals surface area contributed by atoms with Gasteiger partial charge in [0.25, 0.3) is 0 Å². The molecule has 0 radical (unpaired) electrons. The van der Waals surface area contributed by atoms with E-state index in [1.807, 2.05) is 24.3 Å². The molecule has 0 saturated heterocycles.